The van der Waals surface area contributed by atoms with Crippen LogP contribution in [0.15, 0.2) is 24.3 Å². The molecule has 0 saturated carbocycles. The Bertz CT molecular complexity index is 403. The highest BCUT2D eigenvalue weighted by Gasteiger charge is 2.08. The van der Waals surface area contributed by atoms with Crippen LogP contribution in [-0.2, 0) is 0 Å². The number of amides is 1. The zero-order valence-corrected chi connectivity index (χ0v) is 10.2. The maximum Gasteiger partial charge on any atom is 0.251 e. The monoisotopic (exact) mass is 231 g/mol. The van der Waals surface area contributed by atoms with Gasteiger partial charge in [0.2, 0.25) is 0 Å². The van der Waals surface area contributed by atoms with Gasteiger partial charge >= 0.3 is 0 Å². The Balaban J connectivity index is 2.61. The van der Waals surface area contributed by atoms with Crippen molar-refractivity contribution in [1.29, 1.82) is 0 Å². The molecule has 0 spiro atoms. The number of nitrogens with one attached hydrogen (secondary N) is 1. The van der Waals surface area contributed by atoms with E-state index < -0.39 is 0 Å². The summed E-state index contributed by atoms with van der Waals surface area (Å²) in [6, 6.07) is 7.03. The second-order valence-electron chi connectivity index (χ2n) is 3.74. The molecule has 0 aliphatic rings. The Labute approximate surface area is 102 Å². The summed E-state index contributed by atoms with van der Waals surface area (Å²) in [7, 11) is 0. The molecule has 0 saturated heterocycles. The molecule has 1 N–H and O–H groups in total. The lowest BCUT2D eigenvalue weighted by Crippen LogP contribution is -2.32. The summed E-state index contributed by atoms with van der Waals surface area (Å²) in [5, 5.41) is 2.83. The Kier molecular flexibility index (Phi) is 5.09. The van der Waals surface area contributed by atoms with Gasteiger partial charge in [0.05, 0.1) is 6.61 Å². The van der Waals surface area contributed by atoms with Gasteiger partial charge in [0.25, 0.3) is 5.91 Å². The van der Waals surface area contributed by atoms with Crippen molar-refractivity contribution in [2.45, 2.75) is 26.3 Å². The molecular formula is C14H17NO2. The highest BCUT2D eigenvalue weighted by molar-refractivity contribution is 5.94. The normalized spacial score (nSPS) is 11.4. The van der Waals surface area contributed by atoms with Gasteiger partial charge in [-0.1, -0.05) is 0 Å². The fourth-order valence-electron chi connectivity index (χ4n) is 1.40. The number of benzene rings is 1. The van der Waals surface area contributed by atoms with Gasteiger partial charge in [-0.2, -0.15) is 0 Å². The fourth-order valence-corrected chi connectivity index (χ4v) is 1.40. The zero-order chi connectivity index (χ0) is 12.7. The summed E-state index contributed by atoms with van der Waals surface area (Å²) in [4.78, 5) is 11.8. The van der Waals surface area contributed by atoms with E-state index in [0.717, 1.165) is 5.75 Å². The van der Waals surface area contributed by atoms with Gasteiger partial charge in [0, 0.05) is 18.0 Å². The molecule has 0 aliphatic heterocycles. The van der Waals surface area contributed by atoms with E-state index in [0.29, 0.717) is 18.6 Å². The molecule has 1 aromatic rings. The molecule has 1 aromatic carbocycles. The third kappa shape index (κ3) is 4.20. The van der Waals surface area contributed by atoms with Gasteiger partial charge in [0.1, 0.15) is 5.75 Å². The van der Waals surface area contributed by atoms with E-state index >= 15 is 0 Å². The minimum absolute atomic E-state index is 0.0148. The molecule has 0 bridgehead atoms. The minimum atomic E-state index is -0.115. The molecule has 0 fully saturated rings. The number of ether oxygens (including phenoxy) is 1. The van der Waals surface area contributed by atoms with Crippen LogP contribution in [0.5, 0.6) is 5.75 Å². The third-order valence-corrected chi connectivity index (χ3v) is 2.23. The van der Waals surface area contributed by atoms with Crippen LogP contribution in [0.3, 0.4) is 0 Å². The van der Waals surface area contributed by atoms with Crippen molar-refractivity contribution in [1.82, 2.24) is 5.32 Å². The highest BCUT2D eigenvalue weighted by atomic mass is 16.5. The second kappa shape index (κ2) is 6.59. The third-order valence-electron chi connectivity index (χ3n) is 2.23. The predicted molar refractivity (Wildman–Crippen MR) is 68.0 cm³/mol. The van der Waals surface area contributed by atoms with Crippen molar-refractivity contribution in [2.24, 2.45) is 0 Å². The van der Waals surface area contributed by atoms with Crippen molar-refractivity contribution in [2.75, 3.05) is 6.61 Å². The summed E-state index contributed by atoms with van der Waals surface area (Å²) in [6.45, 7) is 4.42. The first-order valence-corrected chi connectivity index (χ1v) is 5.64. The van der Waals surface area contributed by atoms with Crippen molar-refractivity contribution in [3.8, 4) is 18.1 Å². The Morgan fingerprint density at radius 1 is 1.47 bits per heavy atom. The topological polar surface area (TPSA) is 38.3 Å². The molecular weight excluding hydrogens is 214 g/mol. The molecule has 90 valence electrons. The smallest absolute Gasteiger partial charge is 0.251 e. The Morgan fingerprint density at radius 2 is 2.12 bits per heavy atom. The number of hydrogen-bond donors (Lipinski definition) is 1. The van der Waals surface area contributed by atoms with E-state index in [-0.39, 0.29) is 11.9 Å². The highest BCUT2D eigenvalue weighted by Crippen LogP contribution is 2.12. The molecule has 0 radical (unpaired) electrons. The van der Waals surface area contributed by atoms with E-state index in [4.69, 9.17) is 11.2 Å². The molecule has 1 unspecified atom stereocenters. The van der Waals surface area contributed by atoms with Crippen molar-refractivity contribution >= 4 is 5.91 Å². The summed E-state index contributed by atoms with van der Waals surface area (Å²) < 4.78 is 5.30. The van der Waals surface area contributed by atoms with E-state index in [1.807, 2.05) is 13.8 Å². The molecule has 0 heterocycles. The first-order valence-electron chi connectivity index (χ1n) is 5.64. The van der Waals surface area contributed by atoms with Crippen molar-refractivity contribution in [3.05, 3.63) is 29.8 Å². The molecule has 0 aliphatic carbocycles. The lowest BCUT2D eigenvalue weighted by molar-refractivity contribution is 0.0941. The van der Waals surface area contributed by atoms with Gasteiger partial charge in [-0.25, -0.2) is 0 Å². The number of carbonyl (C=O) groups excluding carboxylic acids is 1. The molecule has 1 amide bonds. The maximum absolute atomic E-state index is 11.8. The molecule has 17 heavy (non-hydrogen) atoms. The van der Waals surface area contributed by atoms with Gasteiger partial charge in [-0.3, -0.25) is 4.79 Å². The van der Waals surface area contributed by atoms with Crippen LogP contribution in [0.25, 0.3) is 0 Å². The zero-order valence-electron chi connectivity index (χ0n) is 10.2. The van der Waals surface area contributed by atoms with Gasteiger partial charge in [0.15, 0.2) is 0 Å². The molecule has 0 aromatic heterocycles. The molecule has 1 rings (SSSR count). The summed E-state index contributed by atoms with van der Waals surface area (Å²) >= 11 is 0. The van der Waals surface area contributed by atoms with Crippen LogP contribution < -0.4 is 10.1 Å². The Morgan fingerprint density at radius 3 is 2.65 bits per heavy atom. The first-order chi connectivity index (χ1) is 8.17. The number of carbonyl (C=O) groups is 1. The summed E-state index contributed by atoms with van der Waals surface area (Å²) in [5.41, 5.74) is 0.609. The largest absolute Gasteiger partial charge is 0.494 e. The van der Waals surface area contributed by atoms with Crippen LogP contribution in [0.4, 0.5) is 0 Å². The second-order valence-corrected chi connectivity index (χ2v) is 3.74. The molecule has 1 atom stereocenters. The van der Waals surface area contributed by atoms with E-state index in [9.17, 15) is 4.79 Å². The summed E-state index contributed by atoms with van der Waals surface area (Å²) in [6.07, 6.45) is 5.71. The molecule has 3 heteroatoms. The summed E-state index contributed by atoms with van der Waals surface area (Å²) in [5.74, 6) is 3.16. The SMILES string of the molecule is C#CCC(C)NC(=O)c1ccc(OCC)cc1. The quantitative estimate of drug-likeness (QED) is 0.789. The van der Waals surface area contributed by atoms with Crippen LogP contribution in [0.2, 0.25) is 0 Å². The van der Waals surface area contributed by atoms with Gasteiger partial charge < -0.3 is 10.1 Å². The maximum atomic E-state index is 11.8. The predicted octanol–water partition coefficient (Wildman–Crippen LogP) is 2.23. The standard InChI is InChI=1S/C14H17NO2/c1-4-6-11(3)15-14(16)12-7-9-13(10-8-12)17-5-2/h1,7-11H,5-6H2,2-3H3,(H,15,16). The van der Waals surface area contributed by atoms with Gasteiger partial charge in [-0.15, -0.1) is 12.3 Å². The number of hydrogen-bond acceptors (Lipinski definition) is 2. The van der Waals surface area contributed by atoms with Crippen LogP contribution in [0.1, 0.15) is 30.6 Å². The molecule has 3 nitrogen and oxygen atoms in total. The first kappa shape index (κ1) is 13.1. The van der Waals surface area contributed by atoms with Gasteiger partial charge in [-0.05, 0) is 38.1 Å². The van der Waals surface area contributed by atoms with Crippen LogP contribution >= 0.6 is 0 Å². The fraction of sp³-hybridized carbons (Fsp3) is 0.357. The lowest BCUT2D eigenvalue weighted by Gasteiger charge is -2.11. The number of terminal acetylenes is 1. The minimum Gasteiger partial charge on any atom is -0.494 e. The van der Waals surface area contributed by atoms with Crippen LogP contribution in [-0.4, -0.2) is 18.6 Å². The van der Waals surface area contributed by atoms with Crippen molar-refractivity contribution < 1.29 is 9.53 Å². The van der Waals surface area contributed by atoms with E-state index in [1.54, 1.807) is 24.3 Å². The van der Waals surface area contributed by atoms with E-state index in [2.05, 4.69) is 11.2 Å². The number of rotatable bonds is 5. The Hall–Kier alpha value is -1.95. The average Bonchev–Trinajstić information content (AvgIpc) is 2.30. The lowest BCUT2D eigenvalue weighted by atomic mass is 10.1. The van der Waals surface area contributed by atoms with E-state index in [1.165, 1.54) is 0 Å². The van der Waals surface area contributed by atoms with Crippen molar-refractivity contribution in [3.63, 3.8) is 0 Å². The average molecular weight is 231 g/mol. The van der Waals surface area contributed by atoms with Crippen LogP contribution in [0, 0.1) is 12.3 Å².